The first-order valence-corrected chi connectivity index (χ1v) is 6.96. The van der Waals surface area contributed by atoms with Gasteiger partial charge in [-0.05, 0) is 42.7 Å². The molecule has 1 atom stereocenters. The summed E-state index contributed by atoms with van der Waals surface area (Å²) in [4.78, 5) is 1.41. The quantitative estimate of drug-likeness (QED) is 0.753. The number of aryl methyl sites for hydroxylation is 1. The van der Waals surface area contributed by atoms with Gasteiger partial charge in [-0.1, -0.05) is 25.7 Å². The lowest BCUT2D eigenvalue weighted by molar-refractivity contribution is 0.382. The maximum absolute atomic E-state index is 6.39. The molecule has 1 aliphatic rings. The van der Waals surface area contributed by atoms with Crippen LogP contribution in [0.4, 0.5) is 0 Å². The summed E-state index contributed by atoms with van der Waals surface area (Å²) in [6.07, 6.45) is 8.23. The molecule has 0 radical (unpaired) electrons. The van der Waals surface area contributed by atoms with Gasteiger partial charge in [-0.2, -0.15) is 0 Å². The van der Waals surface area contributed by atoms with Crippen LogP contribution < -0.4 is 5.73 Å². The Bertz CT molecular complexity index is 297. The normalized spacial score (nSPS) is 21.2. The molecule has 1 fully saturated rings. The van der Waals surface area contributed by atoms with Gasteiger partial charge in [-0.25, -0.2) is 0 Å². The van der Waals surface area contributed by atoms with Crippen LogP contribution in [0.3, 0.4) is 0 Å². The van der Waals surface area contributed by atoms with E-state index in [9.17, 15) is 0 Å². The summed E-state index contributed by atoms with van der Waals surface area (Å²) in [6, 6.07) is 2.50. The van der Waals surface area contributed by atoms with Crippen LogP contribution in [0.5, 0.6) is 0 Å². The van der Waals surface area contributed by atoms with E-state index >= 15 is 0 Å². The lowest BCUT2D eigenvalue weighted by Gasteiger charge is -2.22. The number of hydrogen-bond donors (Lipinski definition) is 1. The Hall–Kier alpha value is -0.340. The van der Waals surface area contributed by atoms with Crippen LogP contribution in [0.1, 0.15) is 55.0 Å². The molecule has 0 saturated heterocycles. The lowest BCUT2D eigenvalue weighted by atomic mass is 9.88. The number of nitrogens with two attached hydrogens (primary N) is 1. The van der Waals surface area contributed by atoms with E-state index in [1.54, 1.807) is 0 Å². The molecule has 0 aromatic carbocycles. The zero-order valence-electron chi connectivity index (χ0n) is 9.54. The highest BCUT2D eigenvalue weighted by Crippen LogP contribution is 2.34. The molecule has 2 heteroatoms. The zero-order valence-corrected chi connectivity index (χ0v) is 10.4. The Balaban J connectivity index is 2.06. The van der Waals surface area contributed by atoms with Gasteiger partial charge in [0.05, 0.1) is 0 Å². The predicted octanol–water partition coefficient (Wildman–Crippen LogP) is 4.03. The van der Waals surface area contributed by atoms with Gasteiger partial charge in [0.2, 0.25) is 0 Å². The molecule has 0 aliphatic heterocycles. The highest BCUT2D eigenvalue weighted by Gasteiger charge is 2.22. The average molecular weight is 223 g/mol. The van der Waals surface area contributed by atoms with Gasteiger partial charge in [-0.15, -0.1) is 11.3 Å². The summed E-state index contributed by atoms with van der Waals surface area (Å²) in [5.74, 6) is 0.723. The molecule has 15 heavy (non-hydrogen) atoms. The second-order valence-electron chi connectivity index (χ2n) is 4.71. The lowest BCUT2D eigenvalue weighted by Crippen LogP contribution is -2.21. The van der Waals surface area contributed by atoms with Crippen molar-refractivity contribution in [1.29, 1.82) is 0 Å². The van der Waals surface area contributed by atoms with Crippen molar-refractivity contribution in [3.63, 3.8) is 0 Å². The fourth-order valence-corrected chi connectivity index (χ4v) is 3.42. The number of rotatable bonds is 2. The molecule has 2 rings (SSSR count). The molecule has 1 unspecified atom stereocenters. The molecular weight excluding hydrogens is 202 g/mol. The molecule has 1 saturated carbocycles. The van der Waals surface area contributed by atoms with E-state index in [1.165, 1.54) is 49.0 Å². The molecule has 0 bridgehead atoms. The van der Waals surface area contributed by atoms with Crippen molar-refractivity contribution in [3.8, 4) is 0 Å². The van der Waals surface area contributed by atoms with Gasteiger partial charge < -0.3 is 5.73 Å². The summed E-state index contributed by atoms with van der Waals surface area (Å²) >= 11 is 1.82. The first-order chi connectivity index (χ1) is 7.29. The smallest absolute Gasteiger partial charge is 0.0334 e. The molecule has 1 aromatic rings. The van der Waals surface area contributed by atoms with Crippen LogP contribution >= 0.6 is 11.3 Å². The van der Waals surface area contributed by atoms with E-state index in [4.69, 9.17) is 5.73 Å². The van der Waals surface area contributed by atoms with Crippen molar-refractivity contribution >= 4 is 11.3 Å². The van der Waals surface area contributed by atoms with Crippen LogP contribution in [0.2, 0.25) is 0 Å². The summed E-state index contributed by atoms with van der Waals surface area (Å²) in [7, 11) is 0. The van der Waals surface area contributed by atoms with Crippen LogP contribution in [0, 0.1) is 12.8 Å². The van der Waals surface area contributed by atoms with Crippen LogP contribution in [-0.4, -0.2) is 0 Å². The molecule has 0 amide bonds. The predicted molar refractivity (Wildman–Crippen MR) is 67.2 cm³/mol. The Morgan fingerprint density at radius 3 is 2.47 bits per heavy atom. The molecule has 1 aromatic heterocycles. The summed E-state index contributed by atoms with van der Waals surface area (Å²) in [5.41, 5.74) is 7.79. The van der Waals surface area contributed by atoms with Crippen LogP contribution in [-0.2, 0) is 0 Å². The molecular formula is C13H21NS. The summed E-state index contributed by atoms with van der Waals surface area (Å²) in [5, 5.41) is 2.17. The van der Waals surface area contributed by atoms with Crippen molar-refractivity contribution in [2.75, 3.05) is 0 Å². The third-order valence-corrected chi connectivity index (χ3v) is 4.53. The first-order valence-electron chi connectivity index (χ1n) is 6.08. The average Bonchev–Trinajstić information content (AvgIpc) is 2.53. The Morgan fingerprint density at radius 1 is 1.27 bits per heavy atom. The van der Waals surface area contributed by atoms with Crippen molar-refractivity contribution in [1.82, 2.24) is 0 Å². The van der Waals surface area contributed by atoms with Gasteiger partial charge >= 0.3 is 0 Å². The first kappa shape index (κ1) is 11.2. The number of hydrogen-bond acceptors (Lipinski definition) is 2. The summed E-state index contributed by atoms with van der Waals surface area (Å²) in [6.45, 7) is 2.19. The fraction of sp³-hybridized carbons (Fsp3) is 0.692. The fourth-order valence-electron chi connectivity index (χ4n) is 2.66. The minimum Gasteiger partial charge on any atom is -0.324 e. The highest BCUT2D eigenvalue weighted by atomic mass is 32.1. The van der Waals surface area contributed by atoms with Crippen molar-refractivity contribution in [2.45, 2.75) is 51.5 Å². The second kappa shape index (κ2) is 5.13. The van der Waals surface area contributed by atoms with E-state index in [0.29, 0.717) is 0 Å². The van der Waals surface area contributed by atoms with Crippen molar-refractivity contribution in [2.24, 2.45) is 11.7 Å². The molecule has 2 N–H and O–H groups in total. The maximum Gasteiger partial charge on any atom is 0.0334 e. The van der Waals surface area contributed by atoms with Gasteiger partial charge in [-0.3, -0.25) is 0 Å². The van der Waals surface area contributed by atoms with Crippen LogP contribution in [0.25, 0.3) is 0 Å². The highest BCUT2D eigenvalue weighted by molar-refractivity contribution is 7.10. The van der Waals surface area contributed by atoms with E-state index in [0.717, 1.165) is 5.92 Å². The standard InChI is InChI=1S/C13H21NS/c1-10-12(8-9-15-10)13(14)11-6-4-2-3-5-7-11/h8-9,11,13H,2-7,14H2,1H3. The Kier molecular flexibility index (Phi) is 3.81. The molecule has 84 valence electrons. The van der Waals surface area contributed by atoms with E-state index in [1.807, 2.05) is 11.3 Å². The topological polar surface area (TPSA) is 26.0 Å². The van der Waals surface area contributed by atoms with Crippen molar-refractivity contribution in [3.05, 3.63) is 21.9 Å². The van der Waals surface area contributed by atoms with Crippen LogP contribution in [0.15, 0.2) is 11.4 Å². The van der Waals surface area contributed by atoms with Gasteiger partial charge in [0, 0.05) is 10.9 Å². The molecule has 0 spiro atoms. The van der Waals surface area contributed by atoms with Gasteiger partial charge in [0.25, 0.3) is 0 Å². The van der Waals surface area contributed by atoms with Gasteiger partial charge in [0.15, 0.2) is 0 Å². The van der Waals surface area contributed by atoms with E-state index in [2.05, 4.69) is 18.4 Å². The maximum atomic E-state index is 6.39. The van der Waals surface area contributed by atoms with Crippen molar-refractivity contribution < 1.29 is 0 Å². The monoisotopic (exact) mass is 223 g/mol. The minimum atomic E-state index is 0.286. The minimum absolute atomic E-state index is 0.286. The SMILES string of the molecule is Cc1sccc1C(N)C1CCCCCC1. The largest absolute Gasteiger partial charge is 0.324 e. The summed E-state index contributed by atoms with van der Waals surface area (Å²) < 4.78 is 0. The van der Waals surface area contributed by atoms with E-state index < -0.39 is 0 Å². The van der Waals surface area contributed by atoms with E-state index in [-0.39, 0.29) is 6.04 Å². The number of thiophene rings is 1. The Labute approximate surface area is 96.7 Å². The third kappa shape index (κ3) is 2.61. The second-order valence-corrected chi connectivity index (χ2v) is 5.83. The molecule has 1 nitrogen and oxygen atoms in total. The molecule has 1 heterocycles. The van der Waals surface area contributed by atoms with Gasteiger partial charge in [0.1, 0.15) is 0 Å². The third-order valence-electron chi connectivity index (χ3n) is 3.67. The Morgan fingerprint density at radius 2 is 1.93 bits per heavy atom. The zero-order chi connectivity index (χ0) is 10.7. The molecule has 1 aliphatic carbocycles.